The van der Waals surface area contributed by atoms with E-state index in [1.165, 1.54) is 5.57 Å². The van der Waals surface area contributed by atoms with E-state index in [1.807, 2.05) is 30.3 Å². The fourth-order valence-electron chi connectivity index (χ4n) is 5.21. The van der Waals surface area contributed by atoms with Crippen LogP contribution >= 0.6 is 0 Å². The molecule has 4 heteroatoms. The zero-order valence-corrected chi connectivity index (χ0v) is 18.1. The number of hydrogen-bond acceptors (Lipinski definition) is 4. The van der Waals surface area contributed by atoms with E-state index in [-0.39, 0.29) is 29.3 Å². The number of carbonyl (C=O) groups excluding carboxylic acids is 1. The Morgan fingerprint density at radius 1 is 1.10 bits per heavy atom. The molecule has 158 valence electrons. The van der Waals surface area contributed by atoms with E-state index in [1.54, 1.807) is 19.2 Å². The van der Waals surface area contributed by atoms with Crippen molar-refractivity contribution in [1.82, 2.24) is 0 Å². The number of fused-ring (bicyclic) bond motifs is 2. The molecule has 1 saturated heterocycles. The predicted octanol–water partition coefficient (Wildman–Crippen LogP) is 5.46. The van der Waals surface area contributed by atoms with Gasteiger partial charge in [-0.3, -0.25) is 0 Å². The maximum absolute atomic E-state index is 12.6. The number of carbonyl (C=O) groups is 1. The van der Waals surface area contributed by atoms with E-state index in [0.29, 0.717) is 24.7 Å². The number of methoxy groups -OCH3 is 1. The summed E-state index contributed by atoms with van der Waals surface area (Å²) in [6, 6.07) is 17.3. The first-order valence-electron chi connectivity index (χ1n) is 10.6. The minimum absolute atomic E-state index is 0.00685. The lowest BCUT2D eigenvalue weighted by Gasteiger charge is -2.55. The summed E-state index contributed by atoms with van der Waals surface area (Å²) < 4.78 is 17.6. The van der Waals surface area contributed by atoms with Crippen LogP contribution in [0.15, 0.2) is 66.2 Å². The standard InChI is InChI=1S/C26H30O4/c1-17-14-18(2)26(16-30-25(27)21-8-6-5-7-9-21)15-29-24(23(17)19(26)3)20-10-12-22(28-4)13-11-20/h5-14,18-19,23-24H,15-16H2,1-4H3/t18-,19+,23+,24-,26-/m1/s1. The molecular weight excluding hydrogens is 376 g/mol. The highest BCUT2D eigenvalue weighted by atomic mass is 16.5. The van der Waals surface area contributed by atoms with Crippen LogP contribution in [-0.4, -0.2) is 26.3 Å². The van der Waals surface area contributed by atoms with Crippen LogP contribution in [0.2, 0.25) is 0 Å². The molecule has 0 unspecified atom stereocenters. The highest BCUT2D eigenvalue weighted by Gasteiger charge is 2.54. The van der Waals surface area contributed by atoms with Gasteiger partial charge in [-0.2, -0.15) is 0 Å². The minimum atomic E-state index is -0.274. The lowest BCUT2D eigenvalue weighted by molar-refractivity contribution is -0.166. The minimum Gasteiger partial charge on any atom is -0.497 e. The molecule has 4 nitrogen and oxygen atoms in total. The van der Waals surface area contributed by atoms with E-state index in [0.717, 1.165) is 11.3 Å². The molecule has 2 bridgehead atoms. The monoisotopic (exact) mass is 406 g/mol. The molecule has 2 aromatic carbocycles. The van der Waals surface area contributed by atoms with Crippen molar-refractivity contribution in [2.75, 3.05) is 20.3 Å². The van der Waals surface area contributed by atoms with Gasteiger partial charge >= 0.3 is 5.97 Å². The van der Waals surface area contributed by atoms with Crippen LogP contribution < -0.4 is 4.74 Å². The van der Waals surface area contributed by atoms with Gasteiger partial charge in [0.1, 0.15) is 12.4 Å². The van der Waals surface area contributed by atoms with Gasteiger partial charge in [0.15, 0.2) is 0 Å². The van der Waals surface area contributed by atoms with Gasteiger partial charge in [-0.05, 0) is 48.6 Å². The third-order valence-corrected chi connectivity index (χ3v) is 7.17. The maximum Gasteiger partial charge on any atom is 0.338 e. The molecule has 2 aliphatic rings. The third kappa shape index (κ3) is 3.54. The van der Waals surface area contributed by atoms with Gasteiger partial charge in [0.05, 0.1) is 25.4 Å². The summed E-state index contributed by atoms with van der Waals surface area (Å²) in [4.78, 5) is 12.6. The smallest absolute Gasteiger partial charge is 0.338 e. The molecule has 5 atom stereocenters. The highest BCUT2D eigenvalue weighted by molar-refractivity contribution is 5.89. The van der Waals surface area contributed by atoms with Crippen molar-refractivity contribution in [3.8, 4) is 5.75 Å². The Bertz CT molecular complexity index is 918. The van der Waals surface area contributed by atoms with E-state index in [4.69, 9.17) is 14.2 Å². The van der Waals surface area contributed by atoms with E-state index in [2.05, 4.69) is 39.0 Å². The molecule has 0 amide bonds. The Morgan fingerprint density at radius 3 is 2.47 bits per heavy atom. The van der Waals surface area contributed by atoms with Crippen LogP contribution in [0.4, 0.5) is 0 Å². The molecule has 30 heavy (non-hydrogen) atoms. The van der Waals surface area contributed by atoms with Gasteiger partial charge in [-0.15, -0.1) is 0 Å². The number of benzene rings is 2. The van der Waals surface area contributed by atoms with Gasteiger partial charge < -0.3 is 14.2 Å². The molecule has 4 rings (SSSR count). The molecule has 0 N–H and O–H groups in total. The lowest BCUT2D eigenvalue weighted by atomic mass is 9.56. The van der Waals surface area contributed by atoms with Crippen LogP contribution in [-0.2, 0) is 9.47 Å². The number of rotatable bonds is 5. The molecule has 1 fully saturated rings. The predicted molar refractivity (Wildman–Crippen MR) is 116 cm³/mol. The van der Waals surface area contributed by atoms with Crippen molar-refractivity contribution in [2.45, 2.75) is 26.9 Å². The van der Waals surface area contributed by atoms with Crippen molar-refractivity contribution < 1.29 is 19.0 Å². The van der Waals surface area contributed by atoms with Gasteiger partial charge in [0.25, 0.3) is 0 Å². The van der Waals surface area contributed by atoms with Gasteiger partial charge in [-0.1, -0.05) is 55.8 Å². The SMILES string of the molecule is COc1ccc([C@H]2OC[C@@]3(COC(=O)c4ccccc4)[C@H](C)C=C(C)[C@H]2[C@@H]3C)cc1. The molecule has 0 radical (unpaired) electrons. The summed E-state index contributed by atoms with van der Waals surface area (Å²) in [5.41, 5.74) is 2.86. The van der Waals surface area contributed by atoms with E-state index >= 15 is 0 Å². The van der Waals surface area contributed by atoms with Gasteiger partial charge in [-0.25, -0.2) is 4.79 Å². The van der Waals surface area contributed by atoms with Crippen molar-refractivity contribution in [3.05, 3.63) is 77.4 Å². The topological polar surface area (TPSA) is 44.8 Å². The molecular formula is C26H30O4. The fourth-order valence-corrected chi connectivity index (χ4v) is 5.21. The lowest BCUT2D eigenvalue weighted by Crippen LogP contribution is -2.54. The first kappa shape index (κ1) is 20.7. The highest BCUT2D eigenvalue weighted by Crippen LogP contribution is 2.56. The number of ether oxygens (including phenoxy) is 3. The first-order valence-corrected chi connectivity index (χ1v) is 10.6. The van der Waals surface area contributed by atoms with Crippen LogP contribution in [0.1, 0.15) is 42.8 Å². The number of allylic oxidation sites excluding steroid dienone is 1. The van der Waals surface area contributed by atoms with Crippen LogP contribution in [0.3, 0.4) is 0 Å². The zero-order valence-electron chi connectivity index (χ0n) is 18.1. The maximum atomic E-state index is 12.6. The van der Waals surface area contributed by atoms with Crippen molar-refractivity contribution in [3.63, 3.8) is 0 Å². The molecule has 0 aromatic heterocycles. The quantitative estimate of drug-likeness (QED) is 0.489. The summed E-state index contributed by atoms with van der Waals surface area (Å²) in [6.07, 6.45) is 2.34. The zero-order chi connectivity index (χ0) is 21.3. The Hall–Kier alpha value is -2.59. The largest absolute Gasteiger partial charge is 0.497 e. The van der Waals surface area contributed by atoms with E-state index < -0.39 is 0 Å². The molecule has 0 spiro atoms. The van der Waals surface area contributed by atoms with Crippen molar-refractivity contribution >= 4 is 5.97 Å². The van der Waals surface area contributed by atoms with Crippen molar-refractivity contribution in [1.29, 1.82) is 0 Å². The second-order valence-corrected chi connectivity index (χ2v) is 8.69. The summed E-state index contributed by atoms with van der Waals surface area (Å²) >= 11 is 0. The first-order chi connectivity index (χ1) is 14.5. The van der Waals surface area contributed by atoms with Crippen LogP contribution in [0.25, 0.3) is 0 Å². The Morgan fingerprint density at radius 2 is 1.80 bits per heavy atom. The van der Waals surface area contributed by atoms with Crippen LogP contribution in [0.5, 0.6) is 5.75 Å². The fraction of sp³-hybridized carbons (Fsp3) is 0.423. The molecule has 0 saturated carbocycles. The van der Waals surface area contributed by atoms with Crippen LogP contribution in [0, 0.1) is 23.2 Å². The normalized spacial score (nSPS) is 30.3. The number of esters is 1. The Balaban J connectivity index is 1.57. The second kappa shape index (κ2) is 8.27. The third-order valence-electron chi connectivity index (χ3n) is 7.17. The molecule has 2 aromatic rings. The summed E-state index contributed by atoms with van der Waals surface area (Å²) in [7, 11) is 1.68. The van der Waals surface area contributed by atoms with Gasteiger partial charge in [0.2, 0.25) is 0 Å². The Kier molecular flexibility index (Phi) is 5.70. The molecule has 1 heterocycles. The number of hydrogen-bond donors (Lipinski definition) is 0. The molecule has 1 aliphatic heterocycles. The van der Waals surface area contributed by atoms with E-state index in [9.17, 15) is 4.79 Å². The average Bonchev–Trinajstić information content (AvgIpc) is 2.77. The van der Waals surface area contributed by atoms with Gasteiger partial charge in [0, 0.05) is 11.3 Å². The summed E-state index contributed by atoms with van der Waals surface area (Å²) in [5.74, 6) is 1.41. The summed E-state index contributed by atoms with van der Waals surface area (Å²) in [5, 5.41) is 0. The average molecular weight is 407 g/mol. The molecule has 1 aliphatic carbocycles. The van der Waals surface area contributed by atoms with Crippen molar-refractivity contribution in [2.24, 2.45) is 23.2 Å². The second-order valence-electron chi connectivity index (χ2n) is 8.69. The summed E-state index contributed by atoms with van der Waals surface area (Å²) in [6.45, 7) is 7.62. The Labute approximate surface area is 178 Å².